The molecule has 35 heavy (non-hydrogen) atoms. The van der Waals surface area contributed by atoms with Gasteiger partial charge in [-0.25, -0.2) is 9.59 Å². The maximum Gasteiger partial charge on any atom is 0.346 e. The zero-order chi connectivity index (χ0) is 24.9. The molecule has 7 nitrogen and oxygen atoms in total. The lowest BCUT2D eigenvalue weighted by molar-refractivity contribution is 0.0397. The number of benzene rings is 4. The maximum atomic E-state index is 12.6. The SMILES string of the molecule is O=C(OC(=O)c1cccc(C(=O)c2ccc(O)cc2)c1)c1ccc(C(=O)c2ccccc2O)cc1. The summed E-state index contributed by atoms with van der Waals surface area (Å²) in [6.45, 7) is 0. The average Bonchev–Trinajstić information content (AvgIpc) is 2.88. The lowest BCUT2D eigenvalue weighted by Crippen LogP contribution is -2.14. The zero-order valence-electron chi connectivity index (χ0n) is 18.2. The van der Waals surface area contributed by atoms with Gasteiger partial charge in [0.25, 0.3) is 0 Å². The van der Waals surface area contributed by atoms with Gasteiger partial charge in [0.1, 0.15) is 11.5 Å². The van der Waals surface area contributed by atoms with Gasteiger partial charge in [-0.2, -0.15) is 0 Å². The van der Waals surface area contributed by atoms with Gasteiger partial charge in [0.2, 0.25) is 0 Å². The van der Waals surface area contributed by atoms with Gasteiger partial charge in [0.15, 0.2) is 11.6 Å². The Labute approximate surface area is 199 Å². The molecule has 0 fully saturated rings. The van der Waals surface area contributed by atoms with Crippen molar-refractivity contribution in [3.63, 3.8) is 0 Å². The number of hydrogen-bond acceptors (Lipinski definition) is 7. The van der Waals surface area contributed by atoms with Crippen molar-refractivity contribution < 1.29 is 34.1 Å². The normalized spacial score (nSPS) is 10.4. The van der Waals surface area contributed by atoms with Crippen LogP contribution in [0.2, 0.25) is 0 Å². The van der Waals surface area contributed by atoms with Crippen molar-refractivity contribution in [3.8, 4) is 11.5 Å². The summed E-state index contributed by atoms with van der Waals surface area (Å²) in [6.07, 6.45) is 0. The van der Waals surface area contributed by atoms with Gasteiger partial charge in [-0.15, -0.1) is 0 Å². The second-order valence-electron chi connectivity index (χ2n) is 7.56. The van der Waals surface area contributed by atoms with Crippen LogP contribution in [0.4, 0.5) is 0 Å². The van der Waals surface area contributed by atoms with Crippen LogP contribution in [-0.4, -0.2) is 33.7 Å². The molecule has 0 aliphatic rings. The van der Waals surface area contributed by atoms with Crippen molar-refractivity contribution >= 4 is 23.5 Å². The topological polar surface area (TPSA) is 118 Å². The van der Waals surface area contributed by atoms with Crippen LogP contribution in [0.25, 0.3) is 0 Å². The highest BCUT2D eigenvalue weighted by Gasteiger charge is 2.19. The molecule has 4 rings (SSSR count). The van der Waals surface area contributed by atoms with Crippen LogP contribution in [0, 0.1) is 0 Å². The number of carbonyl (C=O) groups excluding carboxylic acids is 4. The highest BCUT2D eigenvalue weighted by molar-refractivity contribution is 6.12. The Morgan fingerprint density at radius 1 is 0.514 bits per heavy atom. The second-order valence-corrected chi connectivity index (χ2v) is 7.56. The number of ketones is 2. The molecule has 0 aliphatic carbocycles. The first-order valence-corrected chi connectivity index (χ1v) is 10.5. The van der Waals surface area contributed by atoms with Crippen LogP contribution in [0.1, 0.15) is 52.6 Å². The monoisotopic (exact) mass is 466 g/mol. The molecule has 0 bridgehead atoms. The molecule has 0 aliphatic heterocycles. The van der Waals surface area contributed by atoms with Gasteiger partial charge in [0, 0.05) is 16.7 Å². The van der Waals surface area contributed by atoms with Crippen molar-refractivity contribution in [1.82, 2.24) is 0 Å². The molecule has 0 atom stereocenters. The van der Waals surface area contributed by atoms with Gasteiger partial charge in [0.05, 0.1) is 16.7 Å². The molecule has 0 spiro atoms. The summed E-state index contributed by atoms with van der Waals surface area (Å²) in [6, 6.07) is 23.0. The average molecular weight is 466 g/mol. The summed E-state index contributed by atoms with van der Waals surface area (Å²) in [5.41, 5.74) is 0.958. The molecule has 0 saturated carbocycles. The van der Waals surface area contributed by atoms with E-state index in [0.717, 1.165) is 0 Å². The number of phenolic OH excluding ortho intramolecular Hbond substituents is 2. The van der Waals surface area contributed by atoms with Crippen LogP contribution in [0.15, 0.2) is 97.1 Å². The van der Waals surface area contributed by atoms with E-state index in [1.807, 2.05) is 0 Å². The highest BCUT2D eigenvalue weighted by Crippen LogP contribution is 2.21. The van der Waals surface area contributed by atoms with Crippen LogP contribution >= 0.6 is 0 Å². The van der Waals surface area contributed by atoms with Crippen LogP contribution in [-0.2, 0) is 4.74 Å². The summed E-state index contributed by atoms with van der Waals surface area (Å²) in [5, 5.41) is 19.2. The number of para-hydroxylation sites is 1. The minimum Gasteiger partial charge on any atom is -0.508 e. The Morgan fingerprint density at radius 2 is 1.06 bits per heavy atom. The summed E-state index contributed by atoms with van der Waals surface area (Å²) in [5.74, 6) is -2.79. The third-order valence-electron chi connectivity index (χ3n) is 5.21. The quantitative estimate of drug-likeness (QED) is 0.243. The van der Waals surface area contributed by atoms with Crippen LogP contribution in [0.5, 0.6) is 11.5 Å². The number of aromatic hydroxyl groups is 2. The van der Waals surface area contributed by atoms with Crippen molar-refractivity contribution in [3.05, 3.63) is 130 Å². The molecular weight excluding hydrogens is 448 g/mol. The fourth-order valence-corrected chi connectivity index (χ4v) is 3.35. The van der Waals surface area contributed by atoms with E-state index < -0.39 is 17.7 Å². The molecule has 0 amide bonds. The van der Waals surface area contributed by atoms with Gasteiger partial charge in [-0.1, -0.05) is 36.4 Å². The molecule has 0 radical (unpaired) electrons. The van der Waals surface area contributed by atoms with E-state index in [1.54, 1.807) is 12.1 Å². The molecule has 4 aromatic rings. The molecule has 0 unspecified atom stereocenters. The van der Waals surface area contributed by atoms with E-state index in [9.17, 15) is 29.4 Å². The first-order chi connectivity index (χ1) is 16.8. The number of ether oxygens (including phenoxy) is 1. The number of esters is 2. The number of phenols is 2. The molecule has 4 aromatic carbocycles. The number of rotatable bonds is 6. The minimum absolute atomic E-state index is 0.00864. The number of hydrogen-bond donors (Lipinski definition) is 2. The summed E-state index contributed by atoms with van der Waals surface area (Å²) < 4.78 is 4.94. The Hall–Kier alpha value is -5.04. The van der Waals surface area contributed by atoms with Crippen LogP contribution in [0.3, 0.4) is 0 Å². The summed E-state index contributed by atoms with van der Waals surface area (Å²) in [7, 11) is 0. The lowest BCUT2D eigenvalue weighted by Gasteiger charge is -2.07. The Bertz CT molecular complexity index is 1440. The van der Waals surface area contributed by atoms with E-state index >= 15 is 0 Å². The van der Waals surface area contributed by atoms with E-state index in [-0.39, 0.29) is 45.1 Å². The van der Waals surface area contributed by atoms with Gasteiger partial charge in [-0.05, 0) is 60.7 Å². The fourth-order valence-electron chi connectivity index (χ4n) is 3.35. The number of carbonyl (C=O) groups is 4. The van der Waals surface area contributed by atoms with Crippen LogP contribution < -0.4 is 0 Å². The lowest BCUT2D eigenvalue weighted by atomic mass is 10.0. The van der Waals surface area contributed by atoms with Gasteiger partial charge in [-0.3, -0.25) is 9.59 Å². The van der Waals surface area contributed by atoms with Gasteiger partial charge < -0.3 is 14.9 Å². The molecule has 0 saturated heterocycles. The molecule has 0 aromatic heterocycles. The Kier molecular flexibility index (Phi) is 6.50. The van der Waals surface area contributed by atoms with E-state index in [0.29, 0.717) is 5.56 Å². The van der Waals surface area contributed by atoms with Crippen molar-refractivity contribution in [2.45, 2.75) is 0 Å². The first kappa shape index (κ1) is 23.1. The second kappa shape index (κ2) is 9.84. The standard InChI is InChI=1S/C28H18O7/c29-22-14-12-17(13-15-22)25(31)20-4-3-5-21(16-20)28(34)35-27(33)19-10-8-18(9-11-19)26(32)23-6-1-2-7-24(23)30/h1-16,29-30H. The maximum absolute atomic E-state index is 12.6. The molecule has 0 heterocycles. The van der Waals surface area contributed by atoms with Gasteiger partial charge >= 0.3 is 11.9 Å². The predicted molar refractivity (Wildman–Crippen MR) is 126 cm³/mol. The third kappa shape index (κ3) is 5.15. The van der Waals surface area contributed by atoms with E-state index in [1.165, 1.54) is 84.9 Å². The highest BCUT2D eigenvalue weighted by atomic mass is 16.6. The summed E-state index contributed by atoms with van der Waals surface area (Å²) in [4.78, 5) is 50.1. The predicted octanol–water partition coefficient (Wildman–Crippen LogP) is 4.56. The Morgan fingerprint density at radius 3 is 1.74 bits per heavy atom. The van der Waals surface area contributed by atoms with Crippen molar-refractivity contribution in [1.29, 1.82) is 0 Å². The molecule has 7 heteroatoms. The van der Waals surface area contributed by atoms with E-state index in [2.05, 4.69) is 0 Å². The fraction of sp³-hybridized carbons (Fsp3) is 0. The molecule has 172 valence electrons. The molecule has 2 N–H and O–H groups in total. The zero-order valence-corrected chi connectivity index (χ0v) is 18.2. The first-order valence-electron chi connectivity index (χ1n) is 10.5. The summed E-state index contributed by atoms with van der Waals surface area (Å²) >= 11 is 0. The van der Waals surface area contributed by atoms with Crippen molar-refractivity contribution in [2.24, 2.45) is 0 Å². The van der Waals surface area contributed by atoms with Crippen molar-refractivity contribution in [2.75, 3.05) is 0 Å². The van der Waals surface area contributed by atoms with E-state index in [4.69, 9.17) is 4.74 Å². The third-order valence-corrected chi connectivity index (χ3v) is 5.21. The Balaban J connectivity index is 1.46. The minimum atomic E-state index is -0.940. The molecular formula is C28H18O7. The smallest absolute Gasteiger partial charge is 0.346 e. The largest absolute Gasteiger partial charge is 0.508 e.